The van der Waals surface area contributed by atoms with Gasteiger partial charge in [0.2, 0.25) is 0 Å². The second-order valence-electron chi connectivity index (χ2n) is 8.55. The zero-order chi connectivity index (χ0) is 21.7. The topological polar surface area (TPSA) is 0 Å². The van der Waals surface area contributed by atoms with E-state index in [4.69, 9.17) is 0 Å². The van der Waals surface area contributed by atoms with Crippen LogP contribution in [0.2, 0.25) is 0 Å². The molecule has 0 radical (unpaired) electrons. The van der Waals surface area contributed by atoms with Gasteiger partial charge in [-0.05, 0) is 0 Å². The number of hydrogen-bond donors (Lipinski definition) is 0. The number of rotatable bonds is 3. The predicted molar refractivity (Wildman–Crippen MR) is 133 cm³/mol. The Labute approximate surface area is 228 Å². The third-order valence-corrected chi connectivity index (χ3v) is 8.51. The molecule has 0 saturated carbocycles. The average molecular weight is 558 g/mol. The average Bonchev–Trinajstić information content (AvgIpc) is 3.19. The first kappa shape index (κ1) is 24.9. The Morgan fingerprint density at radius 3 is 2.00 bits per heavy atom. The van der Waals surface area contributed by atoms with Crippen LogP contribution < -0.4 is 24.8 Å². The molecule has 0 spiro atoms. The van der Waals surface area contributed by atoms with Gasteiger partial charge in [-0.25, -0.2) is 0 Å². The number of fused-ring (bicyclic) bond motifs is 3. The summed E-state index contributed by atoms with van der Waals surface area (Å²) in [4.78, 5) is 0. The summed E-state index contributed by atoms with van der Waals surface area (Å²) in [5.74, 6) is 0. The van der Waals surface area contributed by atoms with Crippen LogP contribution >= 0.6 is 0 Å². The van der Waals surface area contributed by atoms with E-state index in [1.807, 2.05) is 0 Å². The van der Waals surface area contributed by atoms with Crippen molar-refractivity contribution in [3.05, 3.63) is 114 Å². The van der Waals surface area contributed by atoms with Crippen LogP contribution in [0.5, 0.6) is 0 Å². The van der Waals surface area contributed by atoms with Crippen LogP contribution in [-0.4, -0.2) is 0 Å². The van der Waals surface area contributed by atoms with E-state index in [2.05, 4.69) is 110 Å². The van der Waals surface area contributed by atoms with Crippen LogP contribution in [0.25, 0.3) is 49.9 Å². The first-order chi connectivity index (χ1) is 15.8. The molecule has 5 aromatic rings. The zero-order valence-electron chi connectivity index (χ0n) is 18.9. The molecule has 0 amide bonds. The molecule has 0 aromatic heterocycles. The summed E-state index contributed by atoms with van der Waals surface area (Å²) in [6, 6.07) is 35.7. The van der Waals surface area contributed by atoms with Gasteiger partial charge in [0.05, 0.1) is 0 Å². The largest absolute Gasteiger partial charge is 1.00 e. The minimum Gasteiger partial charge on any atom is -1.00 e. The quantitative estimate of drug-likeness (QED) is 0.320. The van der Waals surface area contributed by atoms with E-state index in [-0.39, 0.29) is 24.8 Å². The fraction of sp³-hybridized carbons (Fsp3) is 0.0968. The van der Waals surface area contributed by atoms with Crippen molar-refractivity contribution in [2.75, 3.05) is 0 Å². The fourth-order valence-electron chi connectivity index (χ4n) is 5.23. The van der Waals surface area contributed by atoms with Crippen LogP contribution in [0, 0.1) is 0 Å². The van der Waals surface area contributed by atoms with Crippen molar-refractivity contribution in [1.29, 1.82) is 0 Å². The number of halogens is 2. The molecule has 3 heteroatoms. The third kappa shape index (κ3) is 3.99. The molecule has 5 aromatic carbocycles. The van der Waals surface area contributed by atoms with E-state index < -0.39 is 0 Å². The Kier molecular flexibility index (Phi) is 7.49. The first-order valence-corrected chi connectivity index (χ1v) is 12.7. The van der Waals surface area contributed by atoms with Gasteiger partial charge in [0.15, 0.2) is 0 Å². The molecule has 0 heterocycles. The number of benzene rings is 5. The molecule has 0 saturated heterocycles. The maximum Gasteiger partial charge on any atom is -1.00 e. The van der Waals surface area contributed by atoms with Crippen LogP contribution in [0.3, 0.4) is 0 Å². The summed E-state index contributed by atoms with van der Waals surface area (Å²) in [6.07, 6.45) is 3.59. The minimum absolute atomic E-state index is 0. The summed E-state index contributed by atoms with van der Waals surface area (Å²) >= 11 is 1.58. The van der Waals surface area contributed by atoms with E-state index in [1.54, 1.807) is 30.3 Å². The number of hydrogen-bond acceptors (Lipinski definition) is 0. The van der Waals surface area contributed by atoms with Crippen molar-refractivity contribution < 1.29 is 49.5 Å². The van der Waals surface area contributed by atoms with Crippen molar-refractivity contribution in [3.63, 3.8) is 0 Å². The van der Waals surface area contributed by atoms with E-state index in [9.17, 15) is 0 Å². The normalized spacial score (nSPS) is 14.3. The van der Waals surface area contributed by atoms with Gasteiger partial charge in [0, 0.05) is 0 Å². The molecule has 165 valence electrons. The second kappa shape index (κ2) is 10.2. The molecular weight excluding hydrogens is 534 g/mol. The summed E-state index contributed by atoms with van der Waals surface area (Å²) < 4.78 is 0.582. The standard InChI is InChI=1S/C31H23.2ClH.Zr/c1-2-21-19-24-12-8-16-28(30(24)20-21)31-26-14-6-4-10-23(26)17-18-29(31)27-15-7-11-22-9-3-5-13-25(22)27;;;/h3-20H,2H2,1H3;2*1H;/q;;;+2/p-2. The van der Waals surface area contributed by atoms with Gasteiger partial charge in [-0.1, -0.05) is 0 Å². The van der Waals surface area contributed by atoms with Crippen molar-refractivity contribution in [3.8, 4) is 22.3 Å². The molecule has 0 fully saturated rings. The molecule has 34 heavy (non-hydrogen) atoms. The SMILES string of the molecule is CCC1=Cc2c(-c3c(-c4cccc5ccccc45)ccc4ccccc34)cccc2[CH]1[Zr+2].[Cl-].[Cl-]. The van der Waals surface area contributed by atoms with Crippen molar-refractivity contribution in [2.45, 2.75) is 17.0 Å². The molecule has 1 aliphatic carbocycles. The molecule has 0 aliphatic heterocycles. The minimum atomic E-state index is 0. The first-order valence-electron chi connectivity index (χ1n) is 11.3. The molecule has 1 unspecified atom stereocenters. The Balaban J connectivity index is 0.00000137. The Bertz CT molecular complexity index is 1530. The van der Waals surface area contributed by atoms with Crippen molar-refractivity contribution >= 4 is 27.6 Å². The maximum absolute atomic E-state index is 2.47. The summed E-state index contributed by atoms with van der Waals surface area (Å²) in [7, 11) is 0. The zero-order valence-corrected chi connectivity index (χ0v) is 22.8. The van der Waals surface area contributed by atoms with Gasteiger partial charge >= 0.3 is 205 Å². The molecule has 1 aliphatic rings. The van der Waals surface area contributed by atoms with Crippen molar-refractivity contribution in [1.82, 2.24) is 0 Å². The van der Waals surface area contributed by atoms with E-state index in [0.29, 0.717) is 3.63 Å². The Morgan fingerprint density at radius 1 is 0.618 bits per heavy atom. The van der Waals surface area contributed by atoms with Gasteiger partial charge in [0.25, 0.3) is 0 Å². The van der Waals surface area contributed by atoms with Crippen LogP contribution in [-0.2, 0) is 24.7 Å². The smallest absolute Gasteiger partial charge is 1.00 e. The van der Waals surface area contributed by atoms with Gasteiger partial charge in [0.1, 0.15) is 0 Å². The Hall–Kier alpha value is -2.18. The van der Waals surface area contributed by atoms with E-state index >= 15 is 0 Å². The van der Waals surface area contributed by atoms with Gasteiger partial charge < -0.3 is 24.8 Å². The molecule has 6 rings (SSSR count). The fourth-order valence-corrected chi connectivity index (χ4v) is 6.56. The van der Waals surface area contributed by atoms with Crippen LogP contribution in [0.15, 0.2) is 103 Å². The van der Waals surface area contributed by atoms with Gasteiger partial charge in [-0.2, -0.15) is 0 Å². The molecule has 1 atom stereocenters. The van der Waals surface area contributed by atoms with Crippen LogP contribution in [0.4, 0.5) is 0 Å². The van der Waals surface area contributed by atoms with Crippen molar-refractivity contribution in [2.24, 2.45) is 0 Å². The summed E-state index contributed by atoms with van der Waals surface area (Å²) in [6.45, 7) is 2.29. The summed E-state index contributed by atoms with van der Waals surface area (Å²) in [5, 5.41) is 5.21. The predicted octanol–water partition coefficient (Wildman–Crippen LogP) is 2.73. The van der Waals surface area contributed by atoms with Crippen LogP contribution in [0.1, 0.15) is 28.1 Å². The number of allylic oxidation sites excluding steroid dienone is 1. The van der Waals surface area contributed by atoms with E-state index in [1.165, 1.54) is 54.9 Å². The molecule has 0 bridgehead atoms. The molecule has 0 nitrogen and oxygen atoms in total. The molecular formula is C31H23Cl2Zr. The maximum atomic E-state index is 2.47. The summed E-state index contributed by atoms with van der Waals surface area (Å²) in [5.41, 5.74) is 9.81. The monoisotopic (exact) mass is 555 g/mol. The Morgan fingerprint density at radius 2 is 1.24 bits per heavy atom. The van der Waals surface area contributed by atoms with Gasteiger partial charge in [-0.3, -0.25) is 0 Å². The van der Waals surface area contributed by atoms with E-state index in [0.717, 1.165) is 6.42 Å². The molecule has 0 N–H and O–H groups in total. The third-order valence-electron chi connectivity index (χ3n) is 6.84. The second-order valence-corrected chi connectivity index (χ2v) is 9.97. The van der Waals surface area contributed by atoms with Gasteiger partial charge in [-0.15, -0.1) is 0 Å².